The van der Waals surface area contributed by atoms with Crippen molar-refractivity contribution in [1.82, 2.24) is 0 Å². The molecule has 0 aromatic carbocycles. The Labute approximate surface area is 144 Å². The summed E-state index contributed by atoms with van der Waals surface area (Å²) in [5.41, 5.74) is 0. The molecule has 0 saturated heterocycles. The Kier molecular flexibility index (Phi) is 48.9. The molecular formula is C3H6O9Pr2. The Bertz CT molecular complexity index is 116. The van der Waals surface area contributed by atoms with Gasteiger partial charge >= 0.3 is 18.5 Å². The van der Waals surface area contributed by atoms with Crippen molar-refractivity contribution < 1.29 is 128 Å². The fourth-order valence-corrected chi connectivity index (χ4v) is 0. The standard InChI is InChI=1S/3CH2O3.2Pr/c3*2-1(3)4;;/h3*(H2,2,3,4);;. The molecule has 6 N–H and O–H groups in total. The topological polar surface area (TPSA) is 173 Å². The third-order valence-electron chi connectivity index (χ3n) is 0. The average molecular weight is 468 g/mol. The van der Waals surface area contributed by atoms with E-state index < -0.39 is 18.5 Å². The van der Waals surface area contributed by atoms with Crippen LogP contribution in [-0.2, 0) is 0 Å². The third-order valence-corrected chi connectivity index (χ3v) is 0. The van der Waals surface area contributed by atoms with Gasteiger partial charge in [0.15, 0.2) is 0 Å². The van der Waals surface area contributed by atoms with Crippen molar-refractivity contribution >= 4 is 18.5 Å². The summed E-state index contributed by atoms with van der Waals surface area (Å²) < 4.78 is 0. The monoisotopic (exact) mass is 468 g/mol. The van der Waals surface area contributed by atoms with E-state index >= 15 is 0 Å². The number of carbonyl (C=O) groups is 3. The van der Waals surface area contributed by atoms with Crippen molar-refractivity contribution in [2.75, 3.05) is 0 Å². The molecule has 0 fully saturated rings. The van der Waals surface area contributed by atoms with Crippen molar-refractivity contribution in [3.63, 3.8) is 0 Å². The van der Waals surface area contributed by atoms with Gasteiger partial charge in [-0.05, 0) is 0 Å². The van der Waals surface area contributed by atoms with E-state index in [-0.39, 0.29) is 82.6 Å². The number of hydrogen-bond acceptors (Lipinski definition) is 3. The molecular weight excluding hydrogens is 462 g/mol. The zero-order valence-corrected chi connectivity index (χ0v) is 14.0. The minimum atomic E-state index is -1.83. The summed E-state index contributed by atoms with van der Waals surface area (Å²) in [6.07, 6.45) is -5.50. The molecule has 0 aromatic rings. The van der Waals surface area contributed by atoms with Crippen LogP contribution in [0.25, 0.3) is 0 Å². The summed E-state index contributed by atoms with van der Waals surface area (Å²) in [4.78, 5) is 25.7. The van der Waals surface area contributed by atoms with Gasteiger partial charge in [-0.25, -0.2) is 14.4 Å². The molecule has 0 atom stereocenters. The number of hydrogen-bond donors (Lipinski definition) is 6. The molecule has 0 aliphatic carbocycles. The third kappa shape index (κ3) is 5780. The molecule has 0 aliphatic rings. The first-order valence-corrected chi connectivity index (χ1v) is 1.95. The fourth-order valence-electron chi connectivity index (χ4n) is 0. The molecule has 0 rings (SSSR count). The molecule has 0 unspecified atom stereocenters. The molecule has 78 valence electrons. The molecule has 0 heterocycles. The molecule has 9 nitrogen and oxygen atoms in total. The Hall–Kier alpha value is 0.537. The summed E-state index contributed by atoms with van der Waals surface area (Å²) in [7, 11) is 0. The van der Waals surface area contributed by atoms with Crippen LogP contribution in [0.1, 0.15) is 0 Å². The molecule has 0 spiro atoms. The molecule has 0 saturated carbocycles. The van der Waals surface area contributed by atoms with E-state index in [1.165, 1.54) is 0 Å². The number of rotatable bonds is 0. The maximum absolute atomic E-state index is 8.56. The van der Waals surface area contributed by atoms with Gasteiger partial charge in [-0.3, -0.25) is 0 Å². The fraction of sp³-hybridized carbons (Fsp3) is 0. The maximum atomic E-state index is 8.56. The predicted molar refractivity (Wildman–Crippen MR) is 32.0 cm³/mol. The largest absolute Gasteiger partial charge is 0.503 e. The molecule has 0 aliphatic heterocycles. The van der Waals surface area contributed by atoms with Crippen LogP contribution in [0.3, 0.4) is 0 Å². The summed E-state index contributed by atoms with van der Waals surface area (Å²) >= 11 is 0. The van der Waals surface area contributed by atoms with Crippen LogP contribution in [0.2, 0.25) is 0 Å². The van der Waals surface area contributed by atoms with Crippen LogP contribution in [0.5, 0.6) is 0 Å². The zero-order valence-electron chi connectivity index (χ0n) is 6.56. The van der Waals surface area contributed by atoms with Crippen LogP contribution >= 0.6 is 0 Å². The van der Waals surface area contributed by atoms with E-state index in [1.807, 2.05) is 0 Å². The van der Waals surface area contributed by atoms with Crippen LogP contribution in [0.15, 0.2) is 0 Å². The SMILES string of the molecule is O=C(O)O.O=C(O)O.O=C(O)O.[Pr].[Pr]. The van der Waals surface area contributed by atoms with Crippen LogP contribution in [0.4, 0.5) is 14.4 Å². The van der Waals surface area contributed by atoms with Crippen molar-refractivity contribution in [2.45, 2.75) is 0 Å². The second-order valence-corrected chi connectivity index (χ2v) is 0.848. The average Bonchev–Trinajstić information content (AvgIpc) is 1.54. The normalized spacial score (nSPS) is 5.14. The Morgan fingerprint density at radius 1 is 0.500 bits per heavy atom. The van der Waals surface area contributed by atoms with E-state index in [0.29, 0.717) is 0 Å². The molecule has 0 aromatic heterocycles. The summed E-state index contributed by atoms with van der Waals surface area (Å²) in [5, 5.41) is 41.8. The maximum Gasteiger partial charge on any atom is 0.503 e. The molecule has 0 bridgehead atoms. The van der Waals surface area contributed by atoms with Gasteiger partial charge in [0.2, 0.25) is 0 Å². The summed E-state index contributed by atoms with van der Waals surface area (Å²) in [6, 6.07) is 0. The molecule has 14 heavy (non-hydrogen) atoms. The van der Waals surface area contributed by atoms with E-state index in [1.54, 1.807) is 0 Å². The van der Waals surface area contributed by atoms with Crippen molar-refractivity contribution in [2.24, 2.45) is 0 Å². The van der Waals surface area contributed by atoms with Crippen LogP contribution < -0.4 is 0 Å². The van der Waals surface area contributed by atoms with Crippen molar-refractivity contribution in [1.29, 1.82) is 0 Å². The van der Waals surface area contributed by atoms with Gasteiger partial charge in [-0.15, -0.1) is 0 Å². The quantitative estimate of drug-likeness (QED) is 0.299. The first-order chi connectivity index (χ1) is 5.20. The number of carboxylic acid groups (broad SMARTS) is 6. The molecule has 0 amide bonds. The first kappa shape index (κ1) is 29.3. The minimum Gasteiger partial charge on any atom is -0.450 e. The second-order valence-electron chi connectivity index (χ2n) is 0.848. The van der Waals surface area contributed by atoms with Gasteiger partial charge < -0.3 is 30.6 Å². The molecule has 11 heteroatoms. The van der Waals surface area contributed by atoms with E-state index in [9.17, 15) is 0 Å². The predicted octanol–water partition coefficient (Wildman–Crippen LogP) is 0.667. The molecule has 2 radical (unpaired) electrons. The van der Waals surface area contributed by atoms with Crippen LogP contribution in [0, 0.1) is 82.6 Å². The summed E-state index contributed by atoms with van der Waals surface area (Å²) in [6.45, 7) is 0. The Morgan fingerprint density at radius 2 is 0.500 bits per heavy atom. The van der Waals surface area contributed by atoms with Gasteiger partial charge in [0.25, 0.3) is 0 Å². The van der Waals surface area contributed by atoms with E-state index in [0.717, 1.165) is 0 Å². The second kappa shape index (κ2) is 23.4. The smallest absolute Gasteiger partial charge is 0.450 e. The van der Waals surface area contributed by atoms with Gasteiger partial charge in [-0.1, -0.05) is 0 Å². The Morgan fingerprint density at radius 3 is 0.500 bits per heavy atom. The van der Waals surface area contributed by atoms with Gasteiger partial charge in [0.05, 0.1) is 0 Å². The van der Waals surface area contributed by atoms with E-state index in [2.05, 4.69) is 0 Å². The van der Waals surface area contributed by atoms with Gasteiger partial charge in [-0.2, -0.15) is 0 Å². The zero-order chi connectivity index (χ0) is 10.7. The first-order valence-electron chi connectivity index (χ1n) is 1.95. The van der Waals surface area contributed by atoms with Gasteiger partial charge in [0.1, 0.15) is 0 Å². The van der Waals surface area contributed by atoms with E-state index in [4.69, 9.17) is 45.0 Å². The van der Waals surface area contributed by atoms with Crippen molar-refractivity contribution in [3.8, 4) is 0 Å². The van der Waals surface area contributed by atoms with Crippen LogP contribution in [-0.4, -0.2) is 49.1 Å². The van der Waals surface area contributed by atoms with Crippen molar-refractivity contribution in [3.05, 3.63) is 0 Å². The summed E-state index contributed by atoms with van der Waals surface area (Å²) in [5.74, 6) is 0. The Balaban J connectivity index is -0.0000000270. The minimum absolute atomic E-state index is 0. The van der Waals surface area contributed by atoms with Gasteiger partial charge in [0, 0.05) is 82.6 Å².